The lowest BCUT2D eigenvalue weighted by Gasteiger charge is -2.17. The number of halogens is 1. The number of esters is 1. The Morgan fingerprint density at radius 2 is 1.91 bits per heavy atom. The Bertz CT molecular complexity index is 781. The van der Waals surface area contributed by atoms with Gasteiger partial charge in [-0.05, 0) is 54.0 Å². The lowest BCUT2D eigenvalue weighted by atomic mass is 10.0. The fourth-order valence-electron chi connectivity index (χ4n) is 2.31. The summed E-state index contributed by atoms with van der Waals surface area (Å²) in [5.74, 6) is -0.432. The Morgan fingerprint density at radius 3 is 2.70 bits per heavy atom. The number of carbonyl (C=O) groups excluding carboxylic acids is 2. The molecule has 1 aliphatic heterocycles. The number of hydrogen-bond donors (Lipinski definition) is 1. The van der Waals surface area contributed by atoms with Crippen molar-refractivity contribution in [1.29, 1.82) is 0 Å². The third-order valence-electron chi connectivity index (χ3n) is 3.47. The molecule has 0 radical (unpaired) electrons. The summed E-state index contributed by atoms with van der Waals surface area (Å²) in [5.41, 5.74) is 2.40. The van der Waals surface area contributed by atoms with Crippen LogP contribution in [0.25, 0.3) is 6.08 Å². The van der Waals surface area contributed by atoms with E-state index in [0.717, 1.165) is 11.3 Å². The normalized spacial score (nSPS) is 13.5. The van der Waals surface area contributed by atoms with Gasteiger partial charge >= 0.3 is 5.97 Å². The van der Waals surface area contributed by atoms with Crippen LogP contribution in [0.3, 0.4) is 0 Å². The SMILES string of the molecule is O=C1CCc2cc(OC(=O)/C=C/c3ccc(F)cc3)ccc2N1. The largest absolute Gasteiger partial charge is 0.423 e. The molecule has 0 spiro atoms. The molecule has 3 rings (SSSR count). The van der Waals surface area contributed by atoms with Gasteiger partial charge < -0.3 is 10.1 Å². The van der Waals surface area contributed by atoms with Crippen LogP contribution in [-0.2, 0) is 16.0 Å². The Hall–Kier alpha value is -2.95. The number of amides is 1. The molecule has 1 heterocycles. The third kappa shape index (κ3) is 3.83. The zero-order chi connectivity index (χ0) is 16.2. The van der Waals surface area contributed by atoms with Crippen molar-refractivity contribution in [2.24, 2.45) is 0 Å². The van der Waals surface area contributed by atoms with Gasteiger partial charge in [0.1, 0.15) is 11.6 Å². The number of nitrogens with one attached hydrogen (secondary N) is 1. The smallest absolute Gasteiger partial charge is 0.336 e. The summed E-state index contributed by atoms with van der Waals surface area (Å²) in [6.45, 7) is 0. The van der Waals surface area contributed by atoms with Crippen LogP contribution in [0.2, 0.25) is 0 Å². The van der Waals surface area contributed by atoms with Gasteiger partial charge in [-0.1, -0.05) is 12.1 Å². The second kappa shape index (κ2) is 6.44. The third-order valence-corrected chi connectivity index (χ3v) is 3.47. The van der Waals surface area contributed by atoms with Crippen LogP contribution >= 0.6 is 0 Å². The molecule has 1 amide bonds. The minimum Gasteiger partial charge on any atom is -0.423 e. The standard InChI is InChI=1S/C18H14FNO3/c19-14-5-1-12(2-6-14)3-10-18(22)23-15-7-8-16-13(11-15)4-9-17(21)20-16/h1-3,5-8,10-11H,4,9H2,(H,20,21)/b10-3+. The van der Waals surface area contributed by atoms with E-state index in [4.69, 9.17) is 4.74 Å². The average Bonchev–Trinajstić information content (AvgIpc) is 2.54. The van der Waals surface area contributed by atoms with Gasteiger partial charge in [0.15, 0.2) is 0 Å². The second-order valence-electron chi connectivity index (χ2n) is 5.17. The molecule has 2 aromatic carbocycles. The topological polar surface area (TPSA) is 55.4 Å². The predicted molar refractivity (Wildman–Crippen MR) is 84.5 cm³/mol. The first-order chi connectivity index (χ1) is 11.1. The van der Waals surface area contributed by atoms with Crippen molar-refractivity contribution in [3.05, 3.63) is 65.5 Å². The van der Waals surface area contributed by atoms with Gasteiger partial charge in [0, 0.05) is 18.2 Å². The summed E-state index contributed by atoms with van der Waals surface area (Å²) in [4.78, 5) is 23.1. The number of ether oxygens (including phenoxy) is 1. The van der Waals surface area contributed by atoms with Crippen LogP contribution in [0.4, 0.5) is 10.1 Å². The van der Waals surface area contributed by atoms with Crippen LogP contribution in [0.1, 0.15) is 17.5 Å². The van der Waals surface area contributed by atoms with Crippen LogP contribution in [0, 0.1) is 5.82 Å². The maximum Gasteiger partial charge on any atom is 0.336 e. The molecule has 0 saturated carbocycles. The van der Waals surface area contributed by atoms with E-state index >= 15 is 0 Å². The first kappa shape index (κ1) is 15.0. The fraction of sp³-hybridized carbons (Fsp3) is 0.111. The summed E-state index contributed by atoms with van der Waals surface area (Å²) in [7, 11) is 0. The minimum absolute atomic E-state index is 0.00974. The zero-order valence-electron chi connectivity index (χ0n) is 12.2. The summed E-state index contributed by atoms with van der Waals surface area (Å²) in [6.07, 6.45) is 3.89. The van der Waals surface area contributed by atoms with Crippen molar-refractivity contribution >= 4 is 23.6 Å². The Balaban J connectivity index is 1.66. The van der Waals surface area contributed by atoms with Crippen LogP contribution in [0.15, 0.2) is 48.5 Å². The van der Waals surface area contributed by atoms with E-state index in [1.807, 2.05) is 0 Å². The van der Waals surface area contributed by atoms with E-state index in [2.05, 4.69) is 5.32 Å². The zero-order valence-corrected chi connectivity index (χ0v) is 12.2. The molecule has 0 bridgehead atoms. The van der Waals surface area contributed by atoms with Crippen molar-refractivity contribution in [1.82, 2.24) is 0 Å². The molecule has 1 aliphatic rings. The quantitative estimate of drug-likeness (QED) is 0.537. The maximum atomic E-state index is 12.8. The van der Waals surface area contributed by atoms with E-state index < -0.39 is 5.97 Å². The number of fused-ring (bicyclic) bond motifs is 1. The number of carbonyl (C=O) groups is 2. The average molecular weight is 311 g/mol. The Kier molecular flexibility index (Phi) is 4.19. The summed E-state index contributed by atoms with van der Waals surface area (Å²) in [5, 5.41) is 2.77. The molecule has 5 heteroatoms. The molecular weight excluding hydrogens is 297 g/mol. The van der Waals surface area contributed by atoms with Crippen molar-refractivity contribution < 1.29 is 18.7 Å². The monoisotopic (exact) mass is 311 g/mol. The number of hydrogen-bond acceptors (Lipinski definition) is 3. The highest BCUT2D eigenvalue weighted by Crippen LogP contribution is 2.26. The molecule has 1 N–H and O–H groups in total. The Morgan fingerprint density at radius 1 is 1.13 bits per heavy atom. The number of rotatable bonds is 3. The number of benzene rings is 2. The van der Waals surface area contributed by atoms with Crippen LogP contribution < -0.4 is 10.1 Å². The molecule has 2 aromatic rings. The molecular formula is C18H14FNO3. The highest BCUT2D eigenvalue weighted by atomic mass is 19.1. The first-order valence-corrected chi connectivity index (χ1v) is 7.18. The van der Waals surface area contributed by atoms with Gasteiger partial charge in [-0.15, -0.1) is 0 Å². The number of anilines is 1. The highest BCUT2D eigenvalue weighted by molar-refractivity contribution is 5.94. The molecule has 0 fully saturated rings. The lowest BCUT2D eigenvalue weighted by Crippen LogP contribution is -2.19. The van der Waals surface area contributed by atoms with E-state index in [-0.39, 0.29) is 11.7 Å². The first-order valence-electron chi connectivity index (χ1n) is 7.18. The van der Waals surface area contributed by atoms with Crippen LogP contribution in [0.5, 0.6) is 5.75 Å². The van der Waals surface area contributed by atoms with E-state index in [1.54, 1.807) is 36.4 Å². The van der Waals surface area contributed by atoms with Crippen molar-refractivity contribution in [3.8, 4) is 5.75 Å². The predicted octanol–water partition coefficient (Wildman–Crippen LogP) is 3.33. The summed E-state index contributed by atoms with van der Waals surface area (Å²) < 4.78 is 18.0. The van der Waals surface area contributed by atoms with Gasteiger partial charge in [-0.2, -0.15) is 0 Å². The molecule has 0 aliphatic carbocycles. The van der Waals surface area contributed by atoms with E-state index in [9.17, 15) is 14.0 Å². The summed E-state index contributed by atoms with van der Waals surface area (Å²) in [6, 6.07) is 10.9. The highest BCUT2D eigenvalue weighted by Gasteiger charge is 2.15. The van der Waals surface area contributed by atoms with Crippen molar-refractivity contribution in [2.45, 2.75) is 12.8 Å². The molecule has 4 nitrogen and oxygen atoms in total. The maximum absolute atomic E-state index is 12.8. The molecule has 23 heavy (non-hydrogen) atoms. The van der Waals surface area contributed by atoms with Crippen LogP contribution in [-0.4, -0.2) is 11.9 Å². The second-order valence-corrected chi connectivity index (χ2v) is 5.17. The molecule has 0 atom stereocenters. The molecule has 116 valence electrons. The van der Waals surface area contributed by atoms with E-state index in [0.29, 0.717) is 24.2 Å². The molecule has 0 saturated heterocycles. The van der Waals surface area contributed by atoms with Gasteiger partial charge in [0.05, 0.1) is 0 Å². The summed E-state index contributed by atoms with van der Waals surface area (Å²) >= 11 is 0. The Labute approximate surface area is 132 Å². The van der Waals surface area contributed by atoms with Gasteiger partial charge in [0.2, 0.25) is 5.91 Å². The molecule has 0 unspecified atom stereocenters. The van der Waals surface area contributed by atoms with Gasteiger partial charge in [-0.3, -0.25) is 4.79 Å². The molecule has 0 aromatic heterocycles. The van der Waals surface area contributed by atoms with Gasteiger partial charge in [-0.25, -0.2) is 9.18 Å². The minimum atomic E-state index is -0.519. The lowest BCUT2D eigenvalue weighted by molar-refractivity contribution is -0.129. The fourth-order valence-corrected chi connectivity index (χ4v) is 2.31. The van der Waals surface area contributed by atoms with Gasteiger partial charge in [0.25, 0.3) is 0 Å². The van der Waals surface area contributed by atoms with E-state index in [1.165, 1.54) is 18.2 Å². The van der Waals surface area contributed by atoms with Crippen molar-refractivity contribution in [2.75, 3.05) is 5.32 Å². The van der Waals surface area contributed by atoms with Crippen molar-refractivity contribution in [3.63, 3.8) is 0 Å². The number of aryl methyl sites for hydroxylation is 1.